The molecule has 2 unspecified atom stereocenters. The zero-order valence-corrected chi connectivity index (χ0v) is 15.0. The van der Waals surface area contributed by atoms with Gasteiger partial charge in [0.2, 0.25) is 0 Å². The van der Waals surface area contributed by atoms with E-state index in [0.29, 0.717) is 6.54 Å². The lowest BCUT2D eigenvalue weighted by Gasteiger charge is -2.25. The molecule has 0 saturated carbocycles. The van der Waals surface area contributed by atoms with Gasteiger partial charge in [0.1, 0.15) is 5.60 Å². The molecule has 5 heteroatoms. The lowest BCUT2D eigenvalue weighted by molar-refractivity contribution is 0.0584. The second-order valence-corrected chi connectivity index (χ2v) is 7.10. The molecule has 1 amide bonds. The zero-order chi connectivity index (χ0) is 17.2. The minimum Gasteiger partial charge on any atom is -0.443 e. The van der Waals surface area contributed by atoms with E-state index in [0.717, 1.165) is 23.4 Å². The molecule has 5 nitrogen and oxygen atoms in total. The highest BCUT2D eigenvalue weighted by Gasteiger charge is 2.29. The Morgan fingerprint density at radius 3 is 2.61 bits per heavy atom. The maximum Gasteiger partial charge on any atom is 0.414 e. The second-order valence-electron chi connectivity index (χ2n) is 7.10. The first-order valence-corrected chi connectivity index (χ1v) is 8.14. The number of amides is 1. The van der Waals surface area contributed by atoms with Crippen LogP contribution in [0.4, 0.5) is 16.2 Å². The summed E-state index contributed by atoms with van der Waals surface area (Å²) in [6.07, 6.45) is 0.693. The van der Waals surface area contributed by atoms with Crippen molar-refractivity contribution in [2.24, 2.45) is 0 Å². The molecule has 1 aromatic carbocycles. The van der Waals surface area contributed by atoms with Crippen molar-refractivity contribution in [1.29, 1.82) is 0 Å². The molecule has 0 bridgehead atoms. The van der Waals surface area contributed by atoms with Crippen molar-refractivity contribution in [2.45, 2.75) is 58.8 Å². The van der Waals surface area contributed by atoms with Crippen LogP contribution in [0.5, 0.6) is 0 Å². The number of carbonyl (C=O) groups is 1. The molecule has 0 fully saturated rings. The third kappa shape index (κ3) is 4.38. The quantitative estimate of drug-likeness (QED) is 0.916. The number of rotatable bonds is 4. The second kappa shape index (κ2) is 6.79. The van der Waals surface area contributed by atoms with Crippen molar-refractivity contribution < 1.29 is 14.3 Å². The van der Waals surface area contributed by atoms with Gasteiger partial charge in [-0.25, -0.2) is 4.79 Å². The van der Waals surface area contributed by atoms with Crippen LogP contribution in [0.2, 0.25) is 0 Å². The van der Waals surface area contributed by atoms with Gasteiger partial charge in [0.15, 0.2) is 0 Å². The zero-order valence-electron chi connectivity index (χ0n) is 15.0. The summed E-state index contributed by atoms with van der Waals surface area (Å²) in [7, 11) is 1.71. The van der Waals surface area contributed by atoms with Gasteiger partial charge in [-0.15, -0.1) is 0 Å². The SMILES string of the molecule is COC(C)C(C)Nc1ccc2c(c1)CCN2C(=O)OC(C)(C)C. The Morgan fingerprint density at radius 2 is 2.00 bits per heavy atom. The van der Waals surface area contributed by atoms with Crippen LogP contribution in [0, 0.1) is 0 Å². The van der Waals surface area contributed by atoms with E-state index in [9.17, 15) is 4.79 Å². The van der Waals surface area contributed by atoms with Gasteiger partial charge in [0.05, 0.1) is 11.8 Å². The van der Waals surface area contributed by atoms with Crippen molar-refractivity contribution in [3.05, 3.63) is 23.8 Å². The molecule has 1 aliphatic rings. The molecular weight excluding hydrogens is 292 g/mol. The molecule has 1 aliphatic heterocycles. The Bertz CT molecular complexity index is 566. The minimum atomic E-state index is -0.479. The summed E-state index contributed by atoms with van der Waals surface area (Å²) >= 11 is 0. The largest absolute Gasteiger partial charge is 0.443 e. The monoisotopic (exact) mass is 320 g/mol. The third-order valence-electron chi connectivity index (χ3n) is 4.06. The molecule has 1 N–H and O–H groups in total. The van der Waals surface area contributed by atoms with Crippen LogP contribution >= 0.6 is 0 Å². The Kier molecular flexibility index (Phi) is 5.19. The summed E-state index contributed by atoms with van der Waals surface area (Å²) in [5.41, 5.74) is 2.68. The van der Waals surface area contributed by atoms with E-state index < -0.39 is 5.60 Å². The topological polar surface area (TPSA) is 50.8 Å². The summed E-state index contributed by atoms with van der Waals surface area (Å²) in [6.45, 7) is 10.4. The summed E-state index contributed by atoms with van der Waals surface area (Å²) < 4.78 is 10.8. The number of ether oxygens (including phenoxy) is 2. The Labute approximate surface area is 139 Å². The highest BCUT2D eigenvalue weighted by Crippen LogP contribution is 2.32. The smallest absolute Gasteiger partial charge is 0.414 e. The Morgan fingerprint density at radius 1 is 1.30 bits per heavy atom. The predicted octanol–water partition coefficient (Wildman–Crippen LogP) is 3.82. The van der Waals surface area contributed by atoms with Gasteiger partial charge in [-0.2, -0.15) is 0 Å². The fraction of sp³-hybridized carbons (Fsp3) is 0.611. The van der Waals surface area contributed by atoms with Crippen molar-refractivity contribution in [3.63, 3.8) is 0 Å². The Hall–Kier alpha value is -1.75. The fourth-order valence-corrected chi connectivity index (χ4v) is 2.58. The first kappa shape index (κ1) is 17.6. The highest BCUT2D eigenvalue weighted by atomic mass is 16.6. The van der Waals surface area contributed by atoms with Gasteiger partial charge < -0.3 is 14.8 Å². The average Bonchev–Trinajstić information content (AvgIpc) is 2.87. The molecule has 23 heavy (non-hydrogen) atoms. The standard InChI is InChI=1S/C18H28N2O3/c1-12(13(2)22-6)19-15-7-8-16-14(11-15)9-10-20(16)17(21)23-18(3,4)5/h7-8,11-13,19H,9-10H2,1-6H3. The van der Waals surface area contributed by atoms with Crippen LogP contribution in [0.25, 0.3) is 0 Å². The molecule has 0 aliphatic carbocycles. The number of hydrogen-bond acceptors (Lipinski definition) is 4. The van der Waals surface area contributed by atoms with Gasteiger partial charge in [0.25, 0.3) is 0 Å². The molecule has 0 saturated heterocycles. The van der Waals surface area contributed by atoms with E-state index in [2.05, 4.69) is 18.3 Å². The normalized spacial score (nSPS) is 16.7. The molecule has 0 aromatic heterocycles. The maximum absolute atomic E-state index is 12.3. The predicted molar refractivity (Wildman–Crippen MR) is 93.3 cm³/mol. The van der Waals surface area contributed by atoms with Gasteiger partial charge >= 0.3 is 6.09 Å². The number of benzene rings is 1. The van der Waals surface area contributed by atoms with E-state index in [1.807, 2.05) is 39.8 Å². The first-order chi connectivity index (χ1) is 10.7. The molecule has 0 spiro atoms. The average molecular weight is 320 g/mol. The number of fused-ring (bicyclic) bond motifs is 1. The number of methoxy groups -OCH3 is 1. The highest BCUT2D eigenvalue weighted by molar-refractivity contribution is 5.91. The lowest BCUT2D eigenvalue weighted by atomic mass is 10.1. The molecule has 0 radical (unpaired) electrons. The van der Waals surface area contributed by atoms with E-state index in [1.54, 1.807) is 12.0 Å². The number of nitrogens with zero attached hydrogens (tertiary/aromatic N) is 1. The number of nitrogens with one attached hydrogen (secondary N) is 1. The maximum atomic E-state index is 12.3. The van der Waals surface area contributed by atoms with Crippen molar-refractivity contribution >= 4 is 17.5 Å². The van der Waals surface area contributed by atoms with Crippen LogP contribution in [-0.4, -0.2) is 37.5 Å². The van der Waals surface area contributed by atoms with Gasteiger partial charge in [0, 0.05) is 25.4 Å². The van der Waals surface area contributed by atoms with Gasteiger partial charge in [-0.3, -0.25) is 4.90 Å². The summed E-state index contributed by atoms with van der Waals surface area (Å²) in [5, 5.41) is 3.44. The van der Waals surface area contributed by atoms with Crippen molar-refractivity contribution in [2.75, 3.05) is 23.9 Å². The number of carbonyl (C=O) groups excluding carboxylic acids is 1. The van der Waals surface area contributed by atoms with E-state index in [4.69, 9.17) is 9.47 Å². The van der Waals surface area contributed by atoms with Gasteiger partial charge in [-0.05, 0) is 64.8 Å². The number of hydrogen-bond donors (Lipinski definition) is 1. The molecule has 128 valence electrons. The van der Waals surface area contributed by atoms with E-state index >= 15 is 0 Å². The lowest BCUT2D eigenvalue weighted by Crippen LogP contribution is -2.35. The molecule has 1 heterocycles. The van der Waals surface area contributed by atoms with Crippen LogP contribution in [0.1, 0.15) is 40.2 Å². The van der Waals surface area contributed by atoms with Gasteiger partial charge in [-0.1, -0.05) is 0 Å². The molecule has 2 rings (SSSR count). The van der Waals surface area contributed by atoms with E-state index in [-0.39, 0.29) is 18.2 Å². The number of anilines is 2. The third-order valence-corrected chi connectivity index (χ3v) is 4.06. The fourth-order valence-electron chi connectivity index (χ4n) is 2.58. The van der Waals surface area contributed by atoms with E-state index in [1.165, 1.54) is 0 Å². The Balaban J connectivity index is 2.10. The van der Waals surface area contributed by atoms with Crippen LogP contribution < -0.4 is 10.2 Å². The summed E-state index contributed by atoms with van der Waals surface area (Å²) in [5.74, 6) is 0. The van der Waals surface area contributed by atoms with Crippen molar-refractivity contribution in [1.82, 2.24) is 0 Å². The van der Waals surface area contributed by atoms with Crippen molar-refractivity contribution in [3.8, 4) is 0 Å². The molecular formula is C18H28N2O3. The van der Waals surface area contributed by atoms with Crippen LogP contribution in [0.15, 0.2) is 18.2 Å². The molecule has 1 aromatic rings. The first-order valence-electron chi connectivity index (χ1n) is 8.14. The minimum absolute atomic E-state index is 0.126. The summed E-state index contributed by atoms with van der Waals surface area (Å²) in [4.78, 5) is 14.0. The summed E-state index contributed by atoms with van der Waals surface area (Å²) in [6, 6.07) is 6.30. The molecule has 2 atom stereocenters. The van der Waals surface area contributed by atoms with Crippen LogP contribution in [0.3, 0.4) is 0 Å². The van der Waals surface area contributed by atoms with Crippen LogP contribution in [-0.2, 0) is 15.9 Å².